The van der Waals surface area contributed by atoms with Crippen LogP contribution in [-0.2, 0) is 4.79 Å². The molecule has 2 N–H and O–H groups in total. The monoisotopic (exact) mass is 341 g/mol. The van der Waals surface area contributed by atoms with Crippen LogP contribution in [0.4, 0.5) is 0 Å². The highest BCUT2D eigenvalue weighted by molar-refractivity contribution is 6.31. The zero-order valence-electron chi connectivity index (χ0n) is 11.1. The molecule has 2 nitrogen and oxygen atoms in total. The highest BCUT2D eigenvalue weighted by Crippen LogP contribution is 2.22. The van der Waals surface area contributed by atoms with Gasteiger partial charge < -0.3 is 5.73 Å². The van der Waals surface area contributed by atoms with E-state index in [1.54, 1.807) is 42.5 Å². The Kier molecular flexibility index (Phi) is 6.93. The first kappa shape index (κ1) is 17.7. The van der Waals surface area contributed by atoms with Crippen molar-refractivity contribution in [2.45, 2.75) is 0 Å². The topological polar surface area (TPSA) is 43.1 Å². The normalized spacial score (nSPS) is 10.9. The molecule has 0 bridgehead atoms. The van der Waals surface area contributed by atoms with E-state index in [2.05, 4.69) is 0 Å². The van der Waals surface area contributed by atoms with E-state index < -0.39 is 0 Å². The predicted molar refractivity (Wildman–Crippen MR) is 92.1 cm³/mol. The van der Waals surface area contributed by atoms with Gasteiger partial charge in [-0.3, -0.25) is 4.79 Å². The Bertz CT molecular complexity index is 634. The lowest BCUT2D eigenvalue weighted by atomic mass is 9.99. The van der Waals surface area contributed by atoms with Gasteiger partial charge in [0.05, 0.1) is 6.54 Å². The Labute approximate surface area is 140 Å². The Morgan fingerprint density at radius 1 is 0.952 bits per heavy atom. The molecule has 0 atom stereocenters. The van der Waals surface area contributed by atoms with Crippen LogP contribution in [0.15, 0.2) is 48.5 Å². The molecule has 0 saturated heterocycles. The molecule has 110 valence electrons. The summed E-state index contributed by atoms with van der Waals surface area (Å²) in [4.78, 5) is 12.0. The molecule has 0 heterocycles. The van der Waals surface area contributed by atoms with E-state index in [0.717, 1.165) is 11.1 Å². The molecule has 0 radical (unpaired) electrons. The minimum Gasteiger partial charge on any atom is -0.324 e. The summed E-state index contributed by atoms with van der Waals surface area (Å²) in [5, 5.41) is 1.28. The third-order valence-corrected chi connectivity index (χ3v) is 3.33. The van der Waals surface area contributed by atoms with Crippen molar-refractivity contribution in [3.8, 4) is 0 Å². The van der Waals surface area contributed by atoms with Crippen molar-refractivity contribution in [2.24, 2.45) is 5.73 Å². The second-order valence-electron chi connectivity index (χ2n) is 4.24. The Morgan fingerprint density at radius 2 is 1.43 bits per heavy atom. The van der Waals surface area contributed by atoms with Crippen molar-refractivity contribution < 1.29 is 4.79 Å². The van der Waals surface area contributed by atoms with Crippen molar-refractivity contribution >= 4 is 53.0 Å². The lowest BCUT2D eigenvalue weighted by molar-refractivity contribution is -0.112. The number of carbonyl (C=O) groups excluding carboxylic acids is 1. The zero-order chi connectivity index (χ0) is 14.5. The summed E-state index contributed by atoms with van der Waals surface area (Å²) in [5.74, 6) is -0.123. The van der Waals surface area contributed by atoms with Gasteiger partial charge in [0.2, 0.25) is 0 Å². The van der Waals surface area contributed by atoms with Gasteiger partial charge >= 0.3 is 0 Å². The van der Waals surface area contributed by atoms with Crippen molar-refractivity contribution in [1.29, 1.82) is 0 Å². The quantitative estimate of drug-likeness (QED) is 0.657. The number of benzene rings is 2. The van der Waals surface area contributed by atoms with E-state index in [1.165, 1.54) is 0 Å². The molecule has 0 aliphatic rings. The average Bonchev–Trinajstić information content (AvgIpc) is 2.47. The van der Waals surface area contributed by atoms with E-state index in [9.17, 15) is 4.79 Å². The Morgan fingerprint density at radius 3 is 1.90 bits per heavy atom. The summed E-state index contributed by atoms with van der Waals surface area (Å²) >= 11 is 11.7. The Balaban J connectivity index is 0.00000220. The van der Waals surface area contributed by atoms with Crippen molar-refractivity contribution in [3.05, 3.63) is 69.7 Å². The van der Waals surface area contributed by atoms with Crippen LogP contribution in [0.3, 0.4) is 0 Å². The summed E-state index contributed by atoms with van der Waals surface area (Å²) in [6, 6.07) is 14.4. The second kappa shape index (κ2) is 8.20. The van der Waals surface area contributed by atoms with Crippen molar-refractivity contribution in [3.63, 3.8) is 0 Å². The first-order valence-electron chi connectivity index (χ1n) is 6.06. The smallest absolute Gasteiger partial charge is 0.176 e. The largest absolute Gasteiger partial charge is 0.324 e. The second-order valence-corrected chi connectivity index (χ2v) is 5.12. The fourth-order valence-corrected chi connectivity index (χ4v) is 2.04. The molecule has 2 rings (SSSR count). The van der Waals surface area contributed by atoms with E-state index >= 15 is 0 Å². The van der Waals surface area contributed by atoms with Crippen LogP contribution in [0.1, 0.15) is 11.1 Å². The molecule has 0 aromatic heterocycles. The molecule has 21 heavy (non-hydrogen) atoms. The van der Waals surface area contributed by atoms with Gasteiger partial charge in [0, 0.05) is 15.6 Å². The maximum atomic E-state index is 12.0. The van der Waals surface area contributed by atoms with Crippen LogP contribution in [0.5, 0.6) is 0 Å². The maximum Gasteiger partial charge on any atom is 0.176 e. The number of carbonyl (C=O) groups is 1. The van der Waals surface area contributed by atoms with Gasteiger partial charge in [-0.1, -0.05) is 47.5 Å². The standard InChI is InChI=1S/C16H13Cl2NO.ClH/c17-13-5-1-11(2-6-13)9-15(16(20)10-19)12-3-7-14(18)8-4-12;/h1-9H,10,19H2;1H/b15-9+;. The van der Waals surface area contributed by atoms with Gasteiger partial charge in [-0.05, 0) is 41.5 Å². The molecule has 0 saturated carbocycles. The van der Waals surface area contributed by atoms with Gasteiger partial charge in [0.1, 0.15) is 0 Å². The van der Waals surface area contributed by atoms with Gasteiger partial charge in [-0.2, -0.15) is 0 Å². The summed E-state index contributed by atoms with van der Waals surface area (Å²) in [5.41, 5.74) is 7.72. The maximum absolute atomic E-state index is 12.0. The summed E-state index contributed by atoms with van der Waals surface area (Å²) < 4.78 is 0. The first-order valence-corrected chi connectivity index (χ1v) is 6.82. The summed E-state index contributed by atoms with van der Waals surface area (Å²) in [6.07, 6.45) is 1.80. The van der Waals surface area contributed by atoms with Crippen LogP contribution < -0.4 is 5.73 Å². The molecule has 2 aromatic rings. The van der Waals surface area contributed by atoms with Crippen LogP contribution in [0.2, 0.25) is 10.0 Å². The highest BCUT2D eigenvalue weighted by Gasteiger charge is 2.10. The molecule has 0 fully saturated rings. The fraction of sp³-hybridized carbons (Fsp3) is 0.0625. The number of hydrogen-bond donors (Lipinski definition) is 1. The third-order valence-electron chi connectivity index (χ3n) is 2.82. The fourth-order valence-electron chi connectivity index (χ4n) is 1.79. The van der Waals surface area contributed by atoms with Gasteiger partial charge in [-0.25, -0.2) is 0 Å². The number of rotatable bonds is 4. The molecule has 5 heteroatoms. The van der Waals surface area contributed by atoms with Gasteiger partial charge in [0.15, 0.2) is 5.78 Å². The van der Waals surface area contributed by atoms with Gasteiger partial charge in [-0.15, -0.1) is 12.4 Å². The first-order chi connectivity index (χ1) is 9.60. The lowest BCUT2D eigenvalue weighted by Gasteiger charge is -2.06. The van der Waals surface area contributed by atoms with E-state index in [-0.39, 0.29) is 24.7 Å². The third kappa shape index (κ3) is 4.87. The van der Waals surface area contributed by atoms with E-state index in [0.29, 0.717) is 15.6 Å². The summed E-state index contributed by atoms with van der Waals surface area (Å²) in [6.45, 7) is -0.0396. The van der Waals surface area contributed by atoms with E-state index in [4.69, 9.17) is 28.9 Å². The van der Waals surface area contributed by atoms with Gasteiger partial charge in [0.25, 0.3) is 0 Å². The molecule has 2 aromatic carbocycles. The molecule has 0 aliphatic carbocycles. The number of Topliss-reactive ketones (excluding diaryl/α,β-unsaturated/α-hetero) is 1. The SMILES string of the molecule is Cl.NCC(=O)/C(=C/c1ccc(Cl)cc1)c1ccc(Cl)cc1. The highest BCUT2D eigenvalue weighted by atomic mass is 35.5. The van der Waals surface area contributed by atoms with Crippen LogP contribution in [-0.4, -0.2) is 12.3 Å². The minimum absolute atomic E-state index is 0. The number of halogens is 3. The van der Waals surface area contributed by atoms with Crippen LogP contribution in [0.25, 0.3) is 11.6 Å². The van der Waals surface area contributed by atoms with E-state index in [1.807, 2.05) is 12.1 Å². The number of hydrogen-bond acceptors (Lipinski definition) is 2. The molecule has 0 amide bonds. The van der Waals surface area contributed by atoms with Crippen molar-refractivity contribution in [2.75, 3.05) is 6.54 Å². The lowest BCUT2D eigenvalue weighted by Crippen LogP contribution is -2.14. The van der Waals surface area contributed by atoms with Crippen molar-refractivity contribution in [1.82, 2.24) is 0 Å². The average molecular weight is 343 g/mol. The molecular formula is C16H14Cl3NO. The number of ketones is 1. The predicted octanol–water partition coefficient (Wildman–Crippen LogP) is 4.48. The van der Waals surface area contributed by atoms with Crippen LogP contribution >= 0.6 is 35.6 Å². The molecule has 0 aliphatic heterocycles. The minimum atomic E-state index is -0.123. The summed E-state index contributed by atoms with van der Waals surface area (Å²) in [7, 11) is 0. The zero-order valence-corrected chi connectivity index (χ0v) is 13.4. The molecule has 0 spiro atoms. The molecular weight excluding hydrogens is 329 g/mol. The number of nitrogens with two attached hydrogens (primary N) is 1. The van der Waals surface area contributed by atoms with Crippen LogP contribution in [0, 0.1) is 0 Å². The molecule has 0 unspecified atom stereocenters. The Hall–Kier alpha value is -1.32.